The third-order valence-electron chi connectivity index (χ3n) is 2.67. The van der Waals surface area contributed by atoms with Crippen LogP contribution in [0.25, 0.3) is 10.9 Å². The van der Waals surface area contributed by atoms with Crippen molar-refractivity contribution in [3.05, 3.63) is 36.0 Å². The quantitative estimate of drug-likeness (QED) is 0.815. The summed E-state index contributed by atoms with van der Waals surface area (Å²) in [5.74, 6) is 0. The maximum atomic E-state index is 13.0. The molecule has 0 aliphatic rings. The highest BCUT2D eigenvalue weighted by Gasteiger charge is 2.21. The predicted octanol–water partition coefficient (Wildman–Crippen LogP) is 3.52. The number of aromatic amines is 1. The number of nitrogens with one attached hydrogen (secondary N) is 2. The van der Waals surface area contributed by atoms with Gasteiger partial charge in [-0.15, -0.1) is 13.2 Å². The molecule has 4 nitrogen and oxygen atoms in total. The maximum Gasteiger partial charge on any atom is 0.266 e. The first-order valence-corrected chi connectivity index (χ1v) is 5.47. The van der Waals surface area contributed by atoms with Crippen LogP contribution in [-0.2, 0) is 0 Å². The second-order valence-corrected chi connectivity index (χ2v) is 3.64. The number of nitrogens with zero attached hydrogens (tertiary/aromatic N) is 2. The van der Waals surface area contributed by atoms with Gasteiger partial charge in [0.1, 0.15) is 6.07 Å². The van der Waals surface area contributed by atoms with E-state index in [0.717, 1.165) is 0 Å². The Hall–Kier alpha value is -2.42. The number of aryl methyl sites for hydroxylation is 1. The lowest BCUT2D eigenvalue weighted by atomic mass is 10.0. The Morgan fingerprint density at radius 2 is 2.11 bits per heavy atom. The van der Waals surface area contributed by atoms with Gasteiger partial charge >= 0.3 is 0 Å². The van der Waals surface area contributed by atoms with Crippen LogP contribution in [0.15, 0.2) is 19.2 Å². The highest BCUT2D eigenvalue weighted by molar-refractivity contribution is 5.97. The molecule has 0 amide bonds. The average molecular weight is 264 g/mol. The molecule has 2 rings (SSSR count). The molecule has 2 N–H and O–H groups in total. The number of halogens is 2. The van der Waals surface area contributed by atoms with E-state index >= 15 is 0 Å². The van der Waals surface area contributed by atoms with Gasteiger partial charge in [-0.3, -0.25) is 5.10 Å². The summed E-state index contributed by atoms with van der Waals surface area (Å²) in [4.78, 5) is 0. The average Bonchev–Trinajstić information content (AvgIpc) is 2.81. The van der Waals surface area contributed by atoms with Gasteiger partial charge in [-0.2, -0.15) is 10.4 Å². The fourth-order valence-electron chi connectivity index (χ4n) is 1.96. The monoisotopic (exact) mass is 264 g/mol. The number of aromatic nitrogens is 2. The summed E-state index contributed by atoms with van der Waals surface area (Å²) < 4.78 is 26.0. The molecule has 19 heavy (non-hydrogen) atoms. The molecule has 0 aliphatic carbocycles. The first-order valence-electron chi connectivity index (χ1n) is 5.47. The minimum atomic E-state index is -2.59. The minimum Gasteiger partial charge on any atom is -0.387 e. The number of hydrogen-bond acceptors (Lipinski definition) is 3. The van der Waals surface area contributed by atoms with Gasteiger partial charge in [-0.25, -0.2) is 8.78 Å². The SMILES string of the molecule is C=C.CNc1c(C(F)F)c(C)cc2[nH]nc(C#N)c12. The van der Waals surface area contributed by atoms with E-state index in [0.29, 0.717) is 16.5 Å². The topological polar surface area (TPSA) is 64.5 Å². The molecule has 1 heterocycles. The molecule has 0 saturated heterocycles. The standard InChI is InChI=1S/C11H10F2N4.C2H4/c1-5-3-6-9(7(4-14)17-16-6)10(15-2)8(5)11(12)13;1-2/h3,11,15H,1-2H3,(H,16,17);1-2H2. The number of benzene rings is 1. The third kappa shape index (κ3) is 2.40. The van der Waals surface area contributed by atoms with Crippen molar-refractivity contribution in [2.24, 2.45) is 0 Å². The van der Waals surface area contributed by atoms with Gasteiger partial charge in [-0.1, -0.05) is 0 Å². The second kappa shape index (κ2) is 5.96. The van der Waals surface area contributed by atoms with Crippen LogP contribution in [0.1, 0.15) is 23.2 Å². The number of fused-ring (bicyclic) bond motifs is 1. The van der Waals surface area contributed by atoms with Gasteiger partial charge in [0.15, 0.2) is 5.69 Å². The molecule has 0 radical (unpaired) electrons. The summed E-state index contributed by atoms with van der Waals surface area (Å²) in [7, 11) is 1.55. The van der Waals surface area contributed by atoms with Gasteiger partial charge in [-0.05, 0) is 18.6 Å². The van der Waals surface area contributed by atoms with Crippen LogP contribution < -0.4 is 5.32 Å². The first kappa shape index (κ1) is 14.6. The third-order valence-corrected chi connectivity index (χ3v) is 2.67. The molecule has 0 bridgehead atoms. The van der Waals surface area contributed by atoms with Crippen molar-refractivity contribution < 1.29 is 8.78 Å². The molecule has 1 aromatic carbocycles. The van der Waals surface area contributed by atoms with E-state index in [1.807, 2.05) is 6.07 Å². The van der Waals surface area contributed by atoms with Crippen molar-refractivity contribution in [3.63, 3.8) is 0 Å². The van der Waals surface area contributed by atoms with Crippen LogP contribution in [0.5, 0.6) is 0 Å². The Morgan fingerprint density at radius 1 is 1.47 bits per heavy atom. The zero-order valence-electron chi connectivity index (χ0n) is 10.7. The van der Waals surface area contributed by atoms with Gasteiger partial charge in [0.25, 0.3) is 6.43 Å². The van der Waals surface area contributed by atoms with E-state index in [4.69, 9.17) is 5.26 Å². The van der Waals surface area contributed by atoms with Gasteiger partial charge in [0.2, 0.25) is 0 Å². The smallest absolute Gasteiger partial charge is 0.266 e. The fraction of sp³-hybridized carbons (Fsp3) is 0.231. The van der Waals surface area contributed by atoms with E-state index in [1.165, 1.54) is 0 Å². The van der Waals surface area contributed by atoms with Crippen LogP contribution in [-0.4, -0.2) is 17.2 Å². The molecule has 100 valence electrons. The normalized spacial score (nSPS) is 9.89. The highest BCUT2D eigenvalue weighted by atomic mass is 19.3. The van der Waals surface area contributed by atoms with Gasteiger partial charge in [0.05, 0.1) is 16.6 Å². The molecule has 6 heteroatoms. The van der Waals surface area contributed by atoms with E-state index in [-0.39, 0.29) is 16.9 Å². The zero-order valence-corrected chi connectivity index (χ0v) is 10.7. The number of hydrogen-bond donors (Lipinski definition) is 2. The molecule has 0 atom stereocenters. The summed E-state index contributed by atoms with van der Waals surface area (Å²) in [6.07, 6.45) is -2.59. The number of anilines is 1. The van der Waals surface area contributed by atoms with Crippen LogP contribution >= 0.6 is 0 Å². The maximum absolute atomic E-state index is 13.0. The van der Waals surface area contributed by atoms with Crippen LogP contribution in [0.2, 0.25) is 0 Å². The Bertz CT molecular complexity index is 626. The number of rotatable bonds is 2. The molecule has 2 aromatic rings. The Labute approximate surface area is 109 Å². The largest absolute Gasteiger partial charge is 0.387 e. The van der Waals surface area contributed by atoms with Crippen molar-refractivity contribution in [1.82, 2.24) is 10.2 Å². The molecular weight excluding hydrogens is 250 g/mol. The second-order valence-electron chi connectivity index (χ2n) is 3.64. The Morgan fingerprint density at radius 3 is 2.58 bits per heavy atom. The highest BCUT2D eigenvalue weighted by Crippen LogP contribution is 2.37. The van der Waals surface area contributed by atoms with Crippen LogP contribution in [0.3, 0.4) is 0 Å². The number of H-pyrrole nitrogens is 1. The molecule has 0 saturated carbocycles. The summed E-state index contributed by atoms with van der Waals surface area (Å²) in [6.45, 7) is 7.61. The van der Waals surface area contributed by atoms with Crippen molar-refractivity contribution in [1.29, 1.82) is 5.26 Å². The lowest BCUT2D eigenvalue weighted by Gasteiger charge is -2.12. The van der Waals surface area contributed by atoms with Crippen molar-refractivity contribution in [3.8, 4) is 6.07 Å². The van der Waals surface area contributed by atoms with Crippen molar-refractivity contribution in [2.45, 2.75) is 13.3 Å². The van der Waals surface area contributed by atoms with Gasteiger partial charge < -0.3 is 5.32 Å². The Balaban J connectivity index is 0.000000861. The Kier molecular flexibility index (Phi) is 4.59. The molecule has 0 spiro atoms. The minimum absolute atomic E-state index is 0.0853. The van der Waals surface area contributed by atoms with Crippen LogP contribution in [0, 0.1) is 18.3 Å². The predicted molar refractivity (Wildman–Crippen MR) is 71.3 cm³/mol. The molecule has 1 aromatic heterocycles. The molecule has 0 unspecified atom stereocenters. The summed E-state index contributed by atoms with van der Waals surface area (Å²) in [6, 6.07) is 3.46. The lowest BCUT2D eigenvalue weighted by molar-refractivity contribution is 0.151. The van der Waals surface area contributed by atoms with Gasteiger partial charge in [0, 0.05) is 12.6 Å². The lowest BCUT2D eigenvalue weighted by Crippen LogP contribution is -2.00. The molecule has 0 fully saturated rings. The molecular formula is C13H14F2N4. The van der Waals surface area contributed by atoms with E-state index < -0.39 is 6.43 Å². The zero-order chi connectivity index (χ0) is 14.6. The van der Waals surface area contributed by atoms with Crippen LogP contribution in [0.4, 0.5) is 14.5 Å². The summed E-state index contributed by atoms with van der Waals surface area (Å²) in [5.41, 5.74) is 1.34. The van der Waals surface area contributed by atoms with E-state index in [1.54, 1.807) is 20.0 Å². The fourth-order valence-corrected chi connectivity index (χ4v) is 1.96. The van der Waals surface area contributed by atoms with Crippen molar-refractivity contribution >= 4 is 16.6 Å². The van der Waals surface area contributed by atoms with E-state index in [9.17, 15) is 8.78 Å². The van der Waals surface area contributed by atoms with E-state index in [2.05, 4.69) is 28.7 Å². The number of nitriles is 1. The number of alkyl halides is 2. The molecule has 0 aliphatic heterocycles. The summed E-state index contributed by atoms with van der Waals surface area (Å²) >= 11 is 0. The first-order chi connectivity index (χ1) is 9.10. The van der Waals surface area contributed by atoms with Crippen molar-refractivity contribution in [2.75, 3.05) is 12.4 Å². The summed E-state index contributed by atoms with van der Waals surface area (Å²) in [5, 5.41) is 18.5.